The highest BCUT2D eigenvalue weighted by atomic mass is 15.3. The molecule has 1 aromatic heterocycles. The molecule has 4 nitrogen and oxygen atoms in total. The molecule has 100 valence electrons. The predicted molar refractivity (Wildman–Crippen MR) is 78.2 cm³/mol. The number of nitrogens with zero attached hydrogens (tertiary/aromatic N) is 3. The molecule has 0 aliphatic carbocycles. The van der Waals surface area contributed by atoms with E-state index >= 15 is 0 Å². The Labute approximate surface area is 113 Å². The summed E-state index contributed by atoms with van der Waals surface area (Å²) in [5.41, 5.74) is 11.9. The third-order valence-corrected chi connectivity index (χ3v) is 3.90. The maximum atomic E-state index is 6.04. The summed E-state index contributed by atoms with van der Waals surface area (Å²) in [6, 6.07) is 8.38. The van der Waals surface area contributed by atoms with E-state index in [1.165, 1.54) is 16.9 Å². The van der Waals surface area contributed by atoms with Gasteiger partial charge in [-0.05, 0) is 31.0 Å². The number of aromatic nitrogens is 2. The van der Waals surface area contributed by atoms with Crippen molar-refractivity contribution < 1.29 is 0 Å². The molecule has 0 radical (unpaired) electrons. The Kier molecular flexibility index (Phi) is 2.93. The van der Waals surface area contributed by atoms with Crippen LogP contribution in [-0.4, -0.2) is 16.3 Å². The van der Waals surface area contributed by atoms with Crippen LogP contribution in [0.5, 0.6) is 0 Å². The molecule has 0 fully saturated rings. The molecule has 2 N–H and O–H groups in total. The Morgan fingerprint density at radius 3 is 2.95 bits per heavy atom. The molecule has 0 spiro atoms. The molecule has 2 heterocycles. The molecule has 1 aliphatic rings. The van der Waals surface area contributed by atoms with Crippen molar-refractivity contribution in [2.24, 2.45) is 7.05 Å². The summed E-state index contributed by atoms with van der Waals surface area (Å²) in [7, 11) is 2.02. The fraction of sp³-hybridized carbons (Fsp3) is 0.400. The summed E-state index contributed by atoms with van der Waals surface area (Å²) >= 11 is 0. The molecule has 1 aliphatic heterocycles. The first-order valence-corrected chi connectivity index (χ1v) is 6.83. The zero-order valence-electron chi connectivity index (χ0n) is 11.6. The molecule has 3 rings (SSSR count). The number of benzene rings is 1. The second-order valence-corrected chi connectivity index (χ2v) is 5.12. The quantitative estimate of drug-likeness (QED) is 0.856. The van der Waals surface area contributed by atoms with Crippen LogP contribution >= 0.6 is 0 Å². The lowest BCUT2D eigenvalue weighted by molar-refractivity contribution is 0.680. The molecular formula is C15H20N4. The fourth-order valence-electron chi connectivity index (χ4n) is 2.78. The van der Waals surface area contributed by atoms with E-state index in [0.717, 1.165) is 37.3 Å². The molecule has 1 aromatic carbocycles. The van der Waals surface area contributed by atoms with Crippen LogP contribution < -0.4 is 10.6 Å². The average Bonchev–Trinajstić information content (AvgIpc) is 2.96. The molecule has 0 saturated carbocycles. The van der Waals surface area contributed by atoms with Gasteiger partial charge in [-0.3, -0.25) is 4.68 Å². The first-order chi connectivity index (χ1) is 9.19. The second kappa shape index (κ2) is 4.61. The molecule has 4 heteroatoms. The summed E-state index contributed by atoms with van der Waals surface area (Å²) < 4.78 is 1.99. The molecular weight excluding hydrogens is 236 g/mol. The van der Waals surface area contributed by atoms with E-state index < -0.39 is 0 Å². The maximum absolute atomic E-state index is 6.04. The van der Waals surface area contributed by atoms with Gasteiger partial charge in [-0.2, -0.15) is 5.10 Å². The number of hydrogen-bond acceptors (Lipinski definition) is 3. The summed E-state index contributed by atoms with van der Waals surface area (Å²) in [4.78, 5) is 2.39. The fourth-order valence-corrected chi connectivity index (χ4v) is 2.78. The van der Waals surface area contributed by atoms with Crippen molar-refractivity contribution >= 4 is 11.4 Å². The Hall–Kier alpha value is -1.97. The summed E-state index contributed by atoms with van der Waals surface area (Å²) in [6.07, 6.45) is 2.03. The summed E-state index contributed by atoms with van der Waals surface area (Å²) in [6.45, 7) is 4.08. The van der Waals surface area contributed by atoms with E-state index in [1.807, 2.05) is 23.9 Å². The van der Waals surface area contributed by atoms with Crippen molar-refractivity contribution in [3.8, 4) is 0 Å². The van der Waals surface area contributed by atoms with Gasteiger partial charge in [-0.15, -0.1) is 0 Å². The van der Waals surface area contributed by atoms with Crippen LogP contribution in [0, 0.1) is 0 Å². The van der Waals surface area contributed by atoms with Crippen LogP contribution in [0.15, 0.2) is 24.3 Å². The first kappa shape index (κ1) is 12.1. The van der Waals surface area contributed by atoms with Crippen molar-refractivity contribution in [3.05, 3.63) is 41.2 Å². The number of anilines is 2. The van der Waals surface area contributed by atoms with Crippen LogP contribution in [0.25, 0.3) is 0 Å². The van der Waals surface area contributed by atoms with Crippen molar-refractivity contribution in [2.75, 3.05) is 17.2 Å². The number of nitrogen functional groups attached to an aromatic ring is 1. The zero-order valence-corrected chi connectivity index (χ0v) is 11.6. The van der Waals surface area contributed by atoms with Gasteiger partial charge in [0.25, 0.3) is 0 Å². The van der Waals surface area contributed by atoms with Crippen molar-refractivity contribution in [1.82, 2.24) is 9.78 Å². The molecule has 0 unspecified atom stereocenters. The minimum atomic E-state index is 0.903. The Bertz CT molecular complexity index is 600. The van der Waals surface area contributed by atoms with Crippen LogP contribution in [0.1, 0.15) is 23.9 Å². The third kappa shape index (κ3) is 2.07. The van der Waals surface area contributed by atoms with Crippen molar-refractivity contribution in [2.45, 2.75) is 26.3 Å². The van der Waals surface area contributed by atoms with E-state index in [-0.39, 0.29) is 0 Å². The van der Waals surface area contributed by atoms with Gasteiger partial charge in [-0.25, -0.2) is 0 Å². The normalized spacial score (nSPS) is 13.9. The number of nitrogens with two attached hydrogens (primary N) is 1. The van der Waals surface area contributed by atoms with Crippen LogP contribution in [0.3, 0.4) is 0 Å². The van der Waals surface area contributed by atoms with Gasteiger partial charge in [0, 0.05) is 30.5 Å². The van der Waals surface area contributed by atoms with E-state index in [4.69, 9.17) is 5.73 Å². The lowest BCUT2D eigenvalue weighted by atomic mass is 10.1. The number of fused-ring (bicyclic) bond motifs is 1. The molecule has 0 amide bonds. The smallest absolute Gasteiger partial charge is 0.0625 e. The van der Waals surface area contributed by atoms with Gasteiger partial charge in [0.2, 0.25) is 0 Å². The van der Waals surface area contributed by atoms with Gasteiger partial charge in [0.15, 0.2) is 0 Å². The minimum absolute atomic E-state index is 0.903. The number of rotatable bonds is 3. The highest BCUT2D eigenvalue weighted by Crippen LogP contribution is 2.33. The zero-order chi connectivity index (χ0) is 13.4. The second-order valence-electron chi connectivity index (χ2n) is 5.12. The molecule has 0 atom stereocenters. The lowest BCUT2D eigenvalue weighted by Crippen LogP contribution is -2.21. The molecule has 19 heavy (non-hydrogen) atoms. The first-order valence-electron chi connectivity index (χ1n) is 6.83. The van der Waals surface area contributed by atoms with Crippen LogP contribution in [0.2, 0.25) is 0 Å². The Morgan fingerprint density at radius 1 is 1.37 bits per heavy atom. The minimum Gasteiger partial charge on any atom is -0.398 e. The largest absolute Gasteiger partial charge is 0.398 e. The van der Waals surface area contributed by atoms with E-state index in [2.05, 4.69) is 29.1 Å². The van der Waals surface area contributed by atoms with Gasteiger partial charge in [0.05, 0.1) is 17.9 Å². The number of hydrogen-bond donors (Lipinski definition) is 1. The third-order valence-electron chi connectivity index (χ3n) is 3.90. The van der Waals surface area contributed by atoms with Gasteiger partial charge < -0.3 is 10.6 Å². The highest BCUT2D eigenvalue weighted by molar-refractivity contribution is 5.68. The van der Waals surface area contributed by atoms with E-state index in [9.17, 15) is 0 Å². The van der Waals surface area contributed by atoms with Gasteiger partial charge in [0.1, 0.15) is 0 Å². The van der Waals surface area contributed by atoms with Crippen molar-refractivity contribution in [3.63, 3.8) is 0 Å². The predicted octanol–water partition coefficient (Wildman–Crippen LogP) is 2.13. The Balaban J connectivity index is 1.86. The van der Waals surface area contributed by atoms with Crippen LogP contribution in [-0.2, 0) is 26.4 Å². The average molecular weight is 256 g/mol. The van der Waals surface area contributed by atoms with E-state index in [1.54, 1.807) is 0 Å². The van der Waals surface area contributed by atoms with Crippen molar-refractivity contribution in [1.29, 1.82) is 0 Å². The summed E-state index contributed by atoms with van der Waals surface area (Å²) in [5, 5.41) is 4.51. The van der Waals surface area contributed by atoms with Gasteiger partial charge in [-0.1, -0.05) is 13.0 Å². The molecule has 0 saturated heterocycles. The Morgan fingerprint density at radius 2 is 2.21 bits per heavy atom. The highest BCUT2D eigenvalue weighted by Gasteiger charge is 2.21. The van der Waals surface area contributed by atoms with Gasteiger partial charge >= 0.3 is 0 Å². The monoisotopic (exact) mass is 256 g/mol. The van der Waals surface area contributed by atoms with E-state index in [0.29, 0.717) is 0 Å². The molecule has 2 aromatic rings. The topological polar surface area (TPSA) is 47.1 Å². The van der Waals surface area contributed by atoms with Crippen LogP contribution in [0.4, 0.5) is 11.4 Å². The molecule has 0 bridgehead atoms. The summed E-state index contributed by atoms with van der Waals surface area (Å²) in [5.74, 6) is 0. The SMILES string of the molecule is CCc1cc(CN2CCc3c(N)cccc32)n(C)n1. The number of aryl methyl sites for hydroxylation is 2. The standard InChI is InChI=1S/C15H20N4/c1-3-11-9-12(18(2)17-11)10-19-8-7-13-14(16)5-4-6-15(13)19/h4-6,9H,3,7-8,10,16H2,1-2H3. The maximum Gasteiger partial charge on any atom is 0.0625 e. The lowest BCUT2D eigenvalue weighted by Gasteiger charge is -2.19.